The van der Waals surface area contributed by atoms with E-state index in [1.54, 1.807) is 0 Å². The van der Waals surface area contributed by atoms with E-state index < -0.39 is 0 Å². The van der Waals surface area contributed by atoms with Crippen molar-refractivity contribution in [1.82, 2.24) is 9.80 Å². The van der Waals surface area contributed by atoms with Crippen LogP contribution in [0.2, 0.25) is 0 Å². The molecule has 0 saturated heterocycles. The zero-order chi connectivity index (χ0) is 16.0. The molecule has 0 aromatic rings. The third-order valence-electron chi connectivity index (χ3n) is 2.53. The molecule has 0 fully saturated rings. The summed E-state index contributed by atoms with van der Waals surface area (Å²) < 4.78 is 5.28. The normalized spacial score (nSPS) is 9.30. The predicted molar refractivity (Wildman–Crippen MR) is 93.9 cm³/mol. The van der Waals surface area contributed by atoms with Crippen LogP contribution in [0.1, 0.15) is 39.5 Å². The third kappa shape index (κ3) is 15.3. The highest BCUT2D eigenvalue weighted by molar-refractivity contribution is 8.02. The lowest BCUT2D eigenvalue weighted by Crippen LogP contribution is -2.13. The Bertz CT molecular complexity index is 227. The van der Waals surface area contributed by atoms with Gasteiger partial charge >= 0.3 is 0 Å². The van der Waals surface area contributed by atoms with E-state index in [0.29, 0.717) is 0 Å². The van der Waals surface area contributed by atoms with Crippen LogP contribution in [0.5, 0.6) is 0 Å². The fraction of sp³-hybridized carbons (Fsp3) is 0.750. The molecule has 0 aliphatic carbocycles. The Morgan fingerprint density at radius 2 is 1.50 bits per heavy atom. The summed E-state index contributed by atoms with van der Waals surface area (Å²) in [5.74, 6) is 1.95. The molecule has 0 unspecified atom stereocenters. The monoisotopic (exact) mass is 302 g/mol. The molecule has 0 spiro atoms. The summed E-state index contributed by atoms with van der Waals surface area (Å²) in [5.41, 5.74) is 0. The molecule has 0 rings (SSSR count). The smallest absolute Gasteiger partial charge is 0.181 e. The van der Waals surface area contributed by atoms with Crippen LogP contribution < -0.4 is 0 Å². The Morgan fingerprint density at radius 3 is 1.90 bits per heavy atom. The lowest BCUT2D eigenvalue weighted by molar-refractivity contribution is 0.140. The molecule has 0 heterocycles. The second-order valence-corrected chi connectivity index (χ2v) is 6.15. The first-order valence-electron chi connectivity index (χ1n) is 7.34. The second-order valence-electron chi connectivity index (χ2n) is 4.98. The summed E-state index contributed by atoms with van der Waals surface area (Å²) in [6, 6.07) is 0. The molecule has 0 saturated carbocycles. The molecule has 0 aliphatic heterocycles. The average Bonchev–Trinajstić information content (AvgIpc) is 2.39. The van der Waals surface area contributed by atoms with Crippen LogP contribution >= 0.6 is 11.8 Å². The molecule has 0 N–H and O–H groups in total. The van der Waals surface area contributed by atoms with Gasteiger partial charge in [-0.3, -0.25) is 0 Å². The van der Waals surface area contributed by atoms with Crippen LogP contribution in [0.15, 0.2) is 24.1 Å². The van der Waals surface area contributed by atoms with Crippen molar-refractivity contribution < 1.29 is 4.74 Å². The maximum Gasteiger partial charge on any atom is 0.181 e. The number of thioether (sulfide) groups is 1. The van der Waals surface area contributed by atoms with Crippen molar-refractivity contribution in [3.05, 3.63) is 24.1 Å². The summed E-state index contributed by atoms with van der Waals surface area (Å²) in [6.07, 6.45) is 4.83. The second kappa shape index (κ2) is 14.6. The fourth-order valence-electron chi connectivity index (χ4n) is 0.927. The molecule has 0 aromatic heterocycles. The van der Waals surface area contributed by atoms with Crippen LogP contribution in [0, 0.1) is 0 Å². The van der Waals surface area contributed by atoms with E-state index in [1.807, 2.05) is 44.9 Å². The van der Waals surface area contributed by atoms with Crippen molar-refractivity contribution in [2.24, 2.45) is 0 Å². The Hall–Kier alpha value is -0.770. The minimum absolute atomic E-state index is 0.744. The predicted octanol–water partition coefficient (Wildman–Crippen LogP) is 4.39. The molecule has 0 aromatic carbocycles. The van der Waals surface area contributed by atoms with Gasteiger partial charge in [0.1, 0.15) is 0 Å². The van der Waals surface area contributed by atoms with Gasteiger partial charge in [0.15, 0.2) is 5.88 Å². The molecule has 0 amide bonds. The molecule has 0 bridgehead atoms. The van der Waals surface area contributed by atoms with Crippen molar-refractivity contribution >= 4 is 11.8 Å². The van der Waals surface area contributed by atoms with Crippen molar-refractivity contribution in [3.8, 4) is 0 Å². The van der Waals surface area contributed by atoms with Gasteiger partial charge in [-0.15, -0.1) is 11.8 Å². The first-order chi connectivity index (χ1) is 9.36. The molecule has 0 atom stereocenters. The standard InChI is InChI=1S/C8H17NO.C8H17NS/c2*1-5-6-7-10-8(2)9(3)4/h2*2,5-7H2,1,3-4H3. The molecule has 4 heteroatoms. The topological polar surface area (TPSA) is 15.7 Å². The first kappa shape index (κ1) is 21.5. The van der Waals surface area contributed by atoms with Gasteiger partial charge in [0.25, 0.3) is 0 Å². The molecule has 20 heavy (non-hydrogen) atoms. The van der Waals surface area contributed by atoms with Crippen molar-refractivity contribution in [2.75, 3.05) is 40.6 Å². The Labute approximate surface area is 131 Å². The van der Waals surface area contributed by atoms with Gasteiger partial charge in [0, 0.05) is 28.2 Å². The minimum atomic E-state index is 0.744. The van der Waals surface area contributed by atoms with Gasteiger partial charge in [-0.1, -0.05) is 33.3 Å². The van der Waals surface area contributed by atoms with E-state index in [-0.39, 0.29) is 0 Å². The van der Waals surface area contributed by atoms with E-state index in [1.165, 1.54) is 25.0 Å². The lowest BCUT2D eigenvalue weighted by atomic mass is 10.4. The molecular weight excluding hydrogens is 268 g/mol. The van der Waals surface area contributed by atoms with Gasteiger partial charge < -0.3 is 14.5 Å². The van der Waals surface area contributed by atoms with Crippen molar-refractivity contribution in [3.63, 3.8) is 0 Å². The van der Waals surface area contributed by atoms with Crippen LogP contribution in [0.25, 0.3) is 0 Å². The van der Waals surface area contributed by atoms with Gasteiger partial charge in [0.05, 0.1) is 11.6 Å². The number of hydrogen-bond acceptors (Lipinski definition) is 4. The van der Waals surface area contributed by atoms with Crippen molar-refractivity contribution in [2.45, 2.75) is 39.5 Å². The summed E-state index contributed by atoms with van der Waals surface area (Å²) in [7, 11) is 7.91. The fourth-order valence-corrected chi connectivity index (χ4v) is 1.85. The van der Waals surface area contributed by atoms with Gasteiger partial charge in [-0.05, 0) is 25.2 Å². The Kier molecular flexibility index (Phi) is 15.8. The average molecular weight is 303 g/mol. The molecular formula is C16H34N2OS. The SMILES string of the molecule is C=C(OCCCC)N(C)C.C=C(SCCCC)N(C)C. The van der Waals surface area contributed by atoms with Crippen LogP contribution in [-0.2, 0) is 4.74 Å². The maximum atomic E-state index is 5.28. The summed E-state index contributed by atoms with van der Waals surface area (Å²) in [4.78, 5) is 3.93. The van der Waals surface area contributed by atoms with E-state index >= 15 is 0 Å². The van der Waals surface area contributed by atoms with Gasteiger partial charge in [0.2, 0.25) is 0 Å². The van der Waals surface area contributed by atoms with Crippen molar-refractivity contribution in [1.29, 1.82) is 0 Å². The van der Waals surface area contributed by atoms with E-state index in [0.717, 1.165) is 23.9 Å². The quantitative estimate of drug-likeness (QED) is 0.439. The molecule has 0 radical (unpaired) electrons. The van der Waals surface area contributed by atoms with E-state index in [9.17, 15) is 0 Å². The highest BCUT2D eigenvalue weighted by Gasteiger charge is 1.95. The molecule has 3 nitrogen and oxygen atoms in total. The zero-order valence-electron chi connectivity index (χ0n) is 14.4. The third-order valence-corrected chi connectivity index (χ3v) is 3.72. The van der Waals surface area contributed by atoms with E-state index in [2.05, 4.69) is 31.9 Å². The highest BCUT2D eigenvalue weighted by Crippen LogP contribution is 2.16. The van der Waals surface area contributed by atoms with Gasteiger partial charge in [-0.25, -0.2) is 0 Å². The largest absolute Gasteiger partial charge is 0.480 e. The summed E-state index contributed by atoms with van der Waals surface area (Å²) >= 11 is 1.84. The molecule has 0 aliphatic rings. The maximum absolute atomic E-state index is 5.28. The van der Waals surface area contributed by atoms with Gasteiger partial charge in [-0.2, -0.15) is 0 Å². The zero-order valence-corrected chi connectivity index (χ0v) is 15.2. The highest BCUT2D eigenvalue weighted by atomic mass is 32.2. The number of rotatable bonds is 10. The van der Waals surface area contributed by atoms with Crippen LogP contribution in [-0.4, -0.2) is 50.4 Å². The first-order valence-corrected chi connectivity index (χ1v) is 8.33. The Balaban J connectivity index is 0. The van der Waals surface area contributed by atoms with Crippen LogP contribution in [0.4, 0.5) is 0 Å². The lowest BCUT2D eigenvalue weighted by Gasteiger charge is -2.15. The number of ether oxygens (including phenoxy) is 1. The van der Waals surface area contributed by atoms with Crippen LogP contribution in [0.3, 0.4) is 0 Å². The summed E-state index contributed by atoms with van der Waals surface area (Å²) in [6.45, 7) is 12.8. The Morgan fingerprint density at radius 1 is 0.950 bits per heavy atom. The van der Waals surface area contributed by atoms with E-state index in [4.69, 9.17) is 4.74 Å². The summed E-state index contributed by atoms with van der Waals surface area (Å²) in [5, 5.41) is 1.16. The number of hydrogen-bond donors (Lipinski definition) is 0. The number of nitrogens with zero attached hydrogens (tertiary/aromatic N) is 2. The number of unbranched alkanes of at least 4 members (excludes halogenated alkanes) is 2. The molecule has 120 valence electrons. The minimum Gasteiger partial charge on any atom is -0.480 e.